The smallest absolute Gasteiger partial charge is 0.311 e. The van der Waals surface area contributed by atoms with Crippen molar-refractivity contribution in [2.45, 2.75) is 52.0 Å². The number of fused-ring (bicyclic) bond motifs is 1. The molecule has 2 aromatic heterocycles. The molecule has 1 aliphatic carbocycles. The highest BCUT2D eigenvalue weighted by molar-refractivity contribution is 5.80. The van der Waals surface area contributed by atoms with E-state index in [9.17, 15) is 9.59 Å². The molecule has 0 bridgehead atoms. The fourth-order valence-corrected chi connectivity index (χ4v) is 3.54. The molecule has 0 aliphatic heterocycles. The second-order valence-electron chi connectivity index (χ2n) is 6.42. The van der Waals surface area contributed by atoms with Crippen molar-refractivity contribution in [3.05, 3.63) is 22.1 Å². The number of carbonyl (C=O) groups excluding carboxylic acids is 1. The van der Waals surface area contributed by atoms with E-state index in [1.807, 2.05) is 4.57 Å². The highest BCUT2D eigenvalue weighted by Gasteiger charge is 2.21. The second-order valence-corrected chi connectivity index (χ2v) is 6.42. The van der Waals surface area contributed by atoms with Crippen molar-refractivity contribution in [1.82, 2.24) is 14.5 Å². The monoisotopic (exact) mass is 332 g/mol. The Bertz CT molecular complexity index is 787. The summed E-state index contributed by atoms with van der Waals surface area (Å²) >= 11 is 0. The molecule has 2 heterocycles. The van der Waals surface area contributed by atoms with E-state index >= 15 is 0 Å². The normalized spacial score (nSPS) is 15.7. The van der Waals surface area contributed by atoms with Crippen molar-refractivity contribution in [2.24, 2.45) is 5.92 Å². The van der Waals surface area contributed by atoms with Crippen LogP contribution in [0.15, 0.2) is 10.9 Å². The number of ether oxygens (including phenoxy) is 1. The Morgan fingerprint density at radius 3 is 2.88 bits per heavy atom. The van der Waals surface area contributed by atoms with Crippen LogP contribution in [0, 0.1) is 5.92 Å². The van der Waals surface area contributed by atoms with Crippen LogP contribution >= 0.6 is 0 Å². The molecule has 3 N–H and O–H groups in total. The fourth-order valence-electron chi connectivity index (χ4n) is 3.54. The van der Waals surface area contributed by atoms with Crippen LogP contribution in [0.1, 0.15) is 44.7 Å². The average molecular weight is 332 g/mol. The highest BCUT2D eigenvalue weighted by Crippen LogP contribution is 2.27. The van der Waals surface area contributed by atoms with Crippen LogP contribution in [-0.4, -0.2) is 27.1 Å². The molecule has 0 unspecified atom stereocenters. The zero-order valence-electron chi connectivity index (χ0n) is 14.0. The summed E-state index contributed by atoms with van der Waals surface area (Å²) in [7, 11) is 0. The Labute approximate surface area is 140 Å². The Morgan fingerprint density at radius 2 is 2.17 bits per heavy atom. The van der Waals surface area contributed by atoms with Gasteiger partial charge in [0.25, 0.3) is 5.56 Å². The first-order valence-corrected chi connectivity index (χ1v) is 8.62. The molecule has 0 aromatic carbocycles. The van der Waals surface area contributed by atoms with E-state index in [0.717, 1.165) is 25.1 Å². The van der Waals surface area contributed by atoms with Gasteiger partial charge in [0.1, 0.15) is 5.65 Å². The summed E-state index contributed by atoms with van der Waals surface area (Å²) in [6.07, 6.45) is 6.20. The van der Waals surface area contributed by atoms with Gasteiger partial charge in [-0.05, 0) is 31.7 Å². The van der Waals surface area contributed by atoms with E-state index in [4.69, 9.17) is 10.5 Å². The van der Waals surface area contributed by atoms with Gasteiger partial charge in [-0.25, -0.2) is 0 Å². The molecule has 24 heavy (non-hydrogen) atoms. The van der Waals surface area contributed by atoms with E-state index in [-0.39, 0.29) is 23.9 Å². The number of H-pyrrole nitrogens is 1. The SMILES string of the molecule is CCOC(=O)Cc1cc2c(=O)[nH]c(N)nc2n1CC1CCCCC1. The van der Waals surface area contributed by atoms with Gasteiger partial charge in [0, 0.05) is 12.2 Å². The van der Waals surface area contributed by atoms with Crippen molar-refractivity contribution < 1.29 is 9.53 Å². The van der Waals surface area contributed by atoms with Gasteiger partial charge in [-0.2, -0.15) is 4.98 Å². The maximum absolute atomic E-state index is 12.2. The number of esters is 1. The number of anilines is 1. The zero-order chi connectivity index (χ0) is 17.1. The molecule has 0 saturated heterocycles. The van der Waals surface area contributed by atoms with Crippen molar-refractivity contribution in [3.63, 3.8) is 0 Å². The fraction of sp³-hybridized carbons (Fsp3) is 0.588. The van der Waals surface area contributed by atoms with Gasteiger partial charge in [0.05, 0.1) is 18.4 Å². The summed E-state index contributed by atoms with van der Waals surface area (Å²) in [5, 5.41) is 0.472. The van der Waals surface area contributed by atoms with Crippen LogP contribution in [0.25, 0.3) is 11.0 Å². The molecule has 130 valence electrons. The van der Waals surface area contributed by atoms with Gasteiger partial charge in [0.2, 0.25) is 5.95 Å². The average Bonchev–Trinajstić information content (AvgIpc) is 2.87. The van der Waals surface area contributed by atoms with Crippen molar-refractivity contribution in [3.8, 4) is 0 Å². The van der Waals surface area contributed by atoms with E-state index in [2.05, 4.69) is 9.97 Å². The summed E-state index contributed by atoms with van der Waals surface area (Å²) in [5.41, 5.74) is 6.76. The molecule has 1 fully saturated rings. The largest absolute Gasteiger partial charge is 0.466 e. The quantitative estimate of drug-likeness (QED) is 0.815. The molecule has 0 spiro atoms. The van der Waals surface area contributed by atoms with Crippen LogP contribution in [-0.2, 0) is 22.5 Å². The molecule has 1 saturated carbocycles. The molecule has 7 nitrogen and oxygen atoms in total. The number of hydrogen-bond donors (Lipinski definition) is 2. The summed E-state index contributed by atoms with van der Waals surface area (Å²) in [6, 6.07) is 1.74. The molecular weight excluding hydrogens is 308 g/mol. The molecule has 2 aromatic rings. The number of aromatic amines is 1. The topological polar surface area (TPSA) is 103 Å². The van der Waals surface area contributed by atoms with E-state index in [1.54, 1.807) is 13.0 Å². The second kappa shape index (κ2) is 7.07. The Hall–Kier alpha value is -2.31. The summed E-state index contributed by atoms with van der Waals surface area (Å²) in [4.78, 5) is 30.9. The van der Waals surface area contributed by atoms with Gasteiger partial charge in [-0.3, -0.25) is 14.6 Å². The minimum Gasteiger partial charge on any atom is -0.466 e. The summed E-state index contributed by atoms with van der Waals surface area (Å²) in [5.74, 6) is 0.338. The number of nitrogens with one attached hydrogen (secondary N) is 1. The molecule has 3 rings (SSSR count). The van der Waals surface area contributed by atoms with Crippen LogP contribution in [0.5, 0.6) is 0 Å². The van der Waals surface area contributed by atoms with Crippen molar-refractivity contribution >= 4 is 23.0 Å². The number of aromatic nitrogens is 3. The molecule has 7 heteroatoms. The first-order chi connectivity index (χ1) is 11.6. The number of rotatable bonds is 5. The third kappa shape index (κ3) is 3.44. The summed E-state index contributed by atoms with van der Waals surface area (Å²) in [6.45, 7) is 2.88. The van der Waals surface area contributed by atoms with Crippen LogP contribution in [0.3, 0.4) is 0 Å². The zero-order valence-corrected chi connectivity index (χ0v) is 14.0. The Balaban J connectivity index is 2.00. The van der Waals surface area contributed by atoms with Crippen LogP contribution in [0.4, 0.5) is 5.95 Å². The lowest BCUT2D eigenvalue weighted by molar-refractivity contribution is -0.142. The summed E-state index contributed by atoms with van der Waals surface area (Å²) < 4.78 is 7.04. The first kappa shape index (κ1) is 16.5. The molecular formula is C17H24N4O3. The number of nitrogen functional groups attached to an aromatic ring is 1. The maximum atomic E-state index is 12.2. The highest BCUT2D eigenvalue weighted by atomic mass is 16.5. The van der Waals surface area contributed by atoms with Crippen molar-refractivity contribution in [1.29, 1.82) is 0 Å². The molecule has 0 amide bonds. The Kier molecular flexibility index (Phi) is 4.87. The van der Waals surface area contributed by atoms with E-state index in [1.165, 1.54) is 19.3 Å². The van der Waals surface area contributed by atoms with Gasteiger partial charge >= 0.3 is 5.97 Å². The predicted octanol–water partition coefficient (Wildman–Crippen LogP) is 1.99. The first-order valence-electron chi connectivity index (χ1n) is 8.62. The minimum atomic E-state index is -0.297. The lowest BCUT2D eigenvalue weighted by atomic mass is 9.89. The third-order valence-electron chi connectivity index (χ3n) is 4.66. The lowest BCUT2D eigenvalue weighted by Gasteiger charge is -2.23. The molecule has 0 radical (unpaired) electrons. The van der Waals surface area contributed by atoms with Gasteiger partial charge < -0.3 is 15.0 Å². The van der Waals surface area contributed by atoms with Gasteiger partial charge in [-0.1, -0.05) is 19.3 Å². The number of nitrogens with two attached hydrogens (primary N) is 1. The van der Waals surface area contributed by atoms with Gasteiger partial charge in [0.15, 0.2) is 0 Å². The molecule has 1 aliphatic rings. The number of nitrogens with zero attached hydrogens (tertiary/aromatic N) is 2. The maximum Gasteiger partial charge on any atom is 0.311 e. The van der Waals surface area contributed by atoms with Crippen molar-refractivity contribution in [2.75, 3.05) is 12.3 Å². The van der Waals surface area contributed by atoms with E-state index < -0.39 is 0 Å². The predicted molar refractivity (Wildman–Crippen MR) is 91.7 cm³/mol. The van der Waals surface area contributed by atoms with Crippen LogP contribution < -0.4 is 11.3 Å². The lowest BCUT2D eigenvalue weighted by Crippen LogP contribution is -2.19. The minimum absolute atomic E-state index is 0.0955. The number of carbonyl (C=O) groups is 1. The third-order valence-corrected chi connectivity index (χ3v) is 4.66. The Morgan fingerprint density at radius 1 is 1.42 bits per heavy atom. The number of hydrogen-bond acceptors (Lipinski definition) is 5. The molecule has 0 atom stereocenters. The van der Waals surface area contributed by atoms with Gasteiger partial charge in [-0.15, -0.1) is 0 Å². The van der Waals surface area contributed by atoms with Crippen LogP contribution in [0.2, 0.25) is 0 Å². The standard InChI is InChI=1S/C17H24N4O3/c1-2-24-14(22)9-12-8-13-15(19-17(18)20-16(13)23)21(12)10-11-6-4-3-5-7-11/h8,11H,2-7,9-10H2,1H3,(H3,18,19,20,23). The van der Waals surface area contributed by atoms with E-state index in [0.29, 0.717) is 23.6 Å².